The SMILES string of the molecule is C=CC(=O)OC(C)OC(C)OCC.CCC(CO)(CO)CO. The van der Waals surface area contributed by atoms with Crippen LogP contribution in [0.4, 0.5) is 0 Å². The fraction of sp³-hybridized carbons (Fsp3) is 0.800. The molecule has 7 nitrogen and oxygen atoms in total. The molecule has 132 valence electrons. The number of hydrogen-bond acceptors (Lipinski definition) is 7. The molecule has 0 radical (unpaired) electrons. The van der Waals surface area contributed by atoms with Crippen LogP contribution >= 0.6 is 0 Å². The monoisotopic (exact) mass is 322 g/mol. The van der Waals surface area contributed by atoms with Crippen LogP contribution in [0.5, 0.6) is 0 Å². The Morgan fingerprint density at radius 1 is 1.14 bits per heavy atom. The van der Waals surface area contributed by atoms with Crippen LogP contribution in [0.3, 0.4) is 0 Å². The molecule has 0 rings (SSSR count). The zero-order valence-electron chi connectivity index (χ0n) is 13.9. The Bertz CT molecular complexity index is 272. The van der Waals surface area contributed by atoms with Gasteiger partial charge in [0.15, 0.2) is 6.29 Å². The van der Waals surface area contributed by atoms with Gasteiger partial charge in [-0.15, -0.1) is 0 Å². The van der Waals surface area contributed by atoms with Crippen LogP contribution in [0.25, 0.3) is 0 Å². The molecule has 7 heteroatoms. The highest BCUT2D eigenvalue weighted by Crippen LogP contribution is 2.18. The molecule has 0 saturated carbocycles. The Morgan fingerprint density at radius 2 is 1.64 bits per heavy atom. The molecule has 0 amide bonds. The van der Waals surface area contributed by atoms with Gasteiger partial charge < -0.3 is 29.5 Å². The van der Waals surface area contributed by atoms with E-state index in [9.17, 15) is 4.79 Å². The van der Waals surface area contributed by atoms with Gasteiger partial charge in [0.25, 0.3) is 0 Å². The molecule has 0 fully saturated rings. The second-order valence-corrected chi connectivity index (χ2v) is 4.70. The molecular formula is C15H30O7. The van der Waals surface area contributed by atoms with Crippen LogP contribution in [-0.4, -0.2) is 60.3 Å². The average Bonchev–Trinajstić information content (AvgIpc) is 2.50. The van der Waals surface area contributed by atoms with Crippen LogP contribution in [0.2, 0.25) is 0 Å². The van der Waals surface area contributed by atoms with Crippen molar-refractivity contribution in [3.63, 3.8) is 0 Å². The van der Waals surface area contributed by atoms with E-state index in [4.69, 9.17) is 29.5 Å². The van der Waals surface area contributed by atoms with E-state index in [0.717, 1.165) is 6.08 Å². The molecule has 0 aliphatic carbocycles. The molecule has 2 unspecified atom stereocenters. The highest BCUT2D eigenvalue weighted by Gasteiger charge is 2.24. The Morgan fingerprint density at radius 3 is 1.91 bits per heavy atom. The Labute approximate surface area is 132 Å². The van der Waals surface area contributed by atoms with Gasteiger partial charge in [-0.3, -0.25) is 0 Å². The fourth-order valence-electron chi connectivity index (χ4n) is 1.27. The molecule has 0 aromatic heterocycles. The van der Waals surface area contributed by atoms with Crippen molar-refractivity contribution in [2.45, 2.75) is 46.7 Å². The minimum atomic E-state index is -0.667. The predicted molar refractivity (Wildman–Crippen MR) is 81.9 cm³/mol. The van der Waals surface area contributed by atoms with Crippen LogP contribution in [-0.2, 0) is 19.0 Å². The second-order valence-electron chi connectivity index (χ2n) is 4.70. The molecule has 0 spiro atoms. The normalized spacial score (nSPS) is 13.6. The molecule has 0 aliphatic rings. The van der Waals surface area contributed by atoms with E-state index in [-0.39, 0.29) is 26.1 Å². The predicted octanol–water partition coefficient (Wildman–Crippen LogP) is 0.820. The third kappa shape index (κ3) is 10.7. The van der Waals surface area contributed by atoms with Crippen molar-refractivity contribution in [2.75, 3.05) is 26.4 Å². The zero-order chi connectivity index (χ0) is 17.6. The summed E-state index contributed by atoms with van der Waals surface area (Å²) >= 11 is 0. The average molecular weight is 322 g/mol. The number of esters is 1. The van der Waals surface area contributed by atoms with E-state index in [0.29, 0.717) is 13.0 Å². The summed E-state index contributed by atoms with van der Waals surface area (Å²) in [6.45, 7) is 10.4. The van der Waals surface area contributed by atoms with Gasteiger partial charge in [-0.25, -0.2) is 4.79 Å². The molecule has 0 aromatic rings. The molecule has 0 bridgehead atoms. The Hall–Kier alpha value is -0.990. The van der Waals surface area contributed by atoms with Gasteiger partial charge in [-0.2, -0.15) is 0 Å². The van der Waals surface area contributed by atoms with Crippen LogP contribution < -0.4 is 0 Å². The van der Waals surface area contributed by atoms with Crippen molar-refractivity contribution in [3.8, 4) is 0 Å². The third-order valence-corrected chi connectivity index (χ3v) is 2.99. The third-order valence-electron chi connectivity index (χ3n) is 2.99. The summed E-state index contributed by atoms with van der Waals surface area (Å²) in [6, 6.07) is 0. The van der Waals surface area contributed by atoms with Gasteiger partial charge in [-0.05, 0) is 27.2 Å². The van der Waals surface area contributed by atoms with Crippen molar-refractivity contribution < 1.29 is 34.3 Å². The van der Waals surface area contributed by atoms with Crippen molar-refractivity contribution in [1.82, 2.24) is 0 Å². The molecule has 0 saturated heterocycles. The first-order valence-corrected chi connectivity index (χ1v) is 7.27. The van der Waals surface area contributed by atoms with E-state index in [1.807, 2.05) is 13.8 Å². The fourth-order valence-corrected chi connectivity index (χ4v) is 1.27. The molecule has 0 aromatic carbocycles. The van der Waals surface area contributed by atoms with E-state index < -0.39 is 17.7 Å². The van der Waals surface area contributed by atoms with Crippen molar-refractivity contribution in [1.29, 1.82) is 0 Å². The maximum atomic E-state index is 10.7. The summed E-state index contributed by atoms with van der Waals surface area (Å²) in [5, 5.41) is 26.0. The van der Waals surface area contributed by atoms with Gasteiger partial charge in [-0.1, -0.05) is 13.5 Å². The lowest BCUT2D eigenvalue weighted by atomic mass is 9.88. The summed E-state index contributed by atoms with van der Waals surface area (Å²) in [5.41, 5.74) is -0.667. The maximum Gasteiger partial charge on any atom is 0.332 e. The minimum absolute atomic E-state index is 0.156. The summed E-state index contributed by atoms with van der Waals surface area (Å²) in [4.78, 5) is 10.7. The van der Waals surface area contributed by atoms with Gasteiger partial charge in [0.05, 0.1) is 19.8 Å². The van der Waals surface area contributed by atoms with Crippen LogP contribution in [0.1, 0.15) is 34.1 Å². The van der Waals surface area contributed by atoms with Crippen LogP contribution in [0.15, 0.2) is 12.7 Å². The van der Waals surface area contributed by atoms with Crippen LogP contribution in [0, 0.1) is 5.41 Å². The van der Waals surface area contributed by atoms with Crippen molar-refractivity contribution in [3.05, 3.63) is 12.7 Å². The van der Waals surface area contributed by atoms with E-state index >= 15 is 0 Å². The molecule has 0 heterocycles. The van der Waals surface area contributed by atoms with Crippen molar-refractivity contribution in [2.24, 2.45) is 5.41 Å². The molecule has 22 heavy (non-hydrogen) atoms. The lowest BCUT2D eigenvalue weighted by Crippen LogP contribution is -2.32. The topological polar surface area (TPSA) is 105 Å². The first kappa shape index (κ1) is 23.3. The number of ether oxygens (including phenoxy) is 3. The first-order chi connectivity index (χ1) is 10.3. The summed E-state index contributed by atoms with van der Waals surface area (Å²) in [5.74, 6) is -0.504. The van der Waals surface area contributed by atoms with E-state index in [2.05, 4.69) is 6.58 Å². The van der Waals surface area contributed by atoms with Gasteiger partial charge in [0, 0.05) is 18.1 Å². The number of carbonyl (C=O) groups is 1. The van der Waals surface area contributed by atoms with Gasteiger partial charge in [0.2, 0.25) is 6.29 Å². The molecule has 3 N–H and O–H groups in total. The standard InChI is InChI=1S/C9H16O4.C6H14O3/c1-5-9(10)13-8(4)12-7(3)11-6-2;1-2-6(3-7,4-8)5-9/h5,7-8H,1,6H2,2-4H3;7-9H,2-5H2,1H3. The maximum absolute atomic E-state index is 10.7. The quantitative estimate of drug-likeness (QED) is 0.311. The first-order valence-electron chi connectivity index (χ1n) is 7.27. The minimum Gasteiger partial charge on any atom is -0.433 e. The largest absolute Gasteiger partial charge is 0.433 e. The lowest BCUT2D eigenvalue weighted by Gasteiger charge is -2.24. The Kier molecular flexibility index (Phi) is 14.5. The lowest BCUT2D eigenvalue weighted by molar-refractivity contribution is -0.225. The highest BCUT2D eigenvalue weighted by atomic mass is 16.8. The van der Waals surface area contributed by atoms with Gasteiger partial charge >= 0.3 is 5.97 Å². The smallest absolute Gasteiger partial charge is 0.332 e. The van der Waals surface area contributed by atoms with Gasteiger partial charge in [0.1, 0.15) is 0 Å². The second kappa shape index (κ2) is 13.7. The van der Waals surface area contributed by atoms with E-state index in [1.165, 1.54) is 0 Å². The number of aliphatic hydroxyl groups excluding tert-OH is 3. The molecular weight excluding hydrogens is 292 g/mol. The summed E-state index contributed by atoms with van der Waals surface area (Å²) in [7, 11) is 0. The number of aliphatic hydroxyl groups is 3. The van der Waals surface area contributed by atoms with Crippen molar-refractivity contribution >= 4 is 5.97 Å². The summed E-state index contributed by atoms with van der Waals surface area (Å²) < 4.78 is 15.0. The number of rotatable bonds is 10. The highest BCUT2D eigenvalue weighted by molar-refractivity contribution is 5.81. The Balaban J connectivity index is 0. The van der Waals surface area contributed by atoms with E-state index in [1.54, 1.807) is 13.8 Å². The summed E-state index contributed by atoms with van der Waals surface area (Å²) in [6.07, 6.45) is 0.687. The number of hydrogen-bond donors (Lipinski definition) is 3. The zero-order valence-corrected chi connectivity index (χ0v) is 13.9. The molecule has 0 aliphatic heterocycles. The molecule has 2 atom stereocenters. The number of carbonyl (C=O) groups excluding carboxylic acids is 1.